The lowest BCUT2D eigenvalue weighted by Crippen LogP contribution is -2.35. The van der Waals surface area contributed by atoms with E-state index >= 15 is 0 Å². The quantitative estimate of drug-likeness (QED) is 0.540. The highest BCUT2D eigenvalue weighted by Crippen LogP contribution is 2.36. The predicted molar refractivity (Wildman–Crippen MR) is 127 cm³/mol. The second-order valence-corrected chi connectivity index (χ2v) is 10.5. The van der Waals surface area contributed by atoms with Gasteiger partial charge in [0.15, 0.2) is 5.94 Å². The van der Waals surface area contributed by atoms with Crippen molar-refractivity contribution in [1.29, 1.82) is 0 Å². The monoisotopic (exact) mass is 465 g/mol. The summed E-state index contributed by atoms with van der Waals surface area (Å²) in [7, 11) is -3.32. The van der Waals surface area contributed by atoms with Gasteiger partial charge < -0.3 is 14.4 Å². The molecule has 5 rings (SSSR count). The molecule has 0 amide bonds. The average Bonchev–Trinajstić information content (AvgIpc) is 3.42. The van der Waals surface area contributed by atoms with Gasteiger partial charge in [-0.05, 0) is 72.7 Å². The Balaban J connectivity index is 1.28. The Hall–Kier alpha value is -3.13. The highest BCUT2D eigenvalue weighted by molar-refractivity contribution is 7.91. The summed E-state index contributed by atoms with van der Waals surface area (Å²) >= 11 is 0. The second kappa shape index (κ2) is 8.67. The molecule has 2 aliphatic heterocycles. The van der Waals surface area contributed by atoms with E-state index in [0.29, 0.717) is 12.4 Å². The van der Waals surface area contributed by atoms with Gasteiger partial charge >= 0.3 is 0 Å². The third-order valence-electron chi connectivity index (χ3n) is 6.32. The Morgan fingerprint density at radius 1 is 1.12 bits per heavy atom. The Morgan fingerprint density at radius 2 is 1.88 bits per heavy atom. The van der Waals surface area contributed by atoms with E-state index in [-0.39, 0.29) is 16.9 Å². The first kappa shape index (κ1) is 21.7. The van der Waals surface area contributed by atoms with Crippen molar-refractivity contribution in [2.24, 2.45) is 0 Å². The van der Waals surface area contributed by atoms with E-state index in [1.54, 1.807) is 12.1 Å². The second-order valence-electron chi connectivity index (χ2n) is 8.56. The summed E-state index contributed by atoms with van der Waals surface area (Å²) < 4.78 is 35.5. The molecule has 3 aromatic rings. The van der Waals surface area contributed by atoms with Crippen molar-refractivity contribution in [1.82, 2.24) is 9.97 Å². The van der Waals surface area contributed by atoms with E-state index in [4.69, 9.17) is 9.47 Å². The van der Waals surface area contributed by atoms with Gasteiger partial charge in [-0.15, -0.1) is 0 Å². The summed E-state index contributed by atoms with van der Waals surface area (Å²) in [6.07, 6.45) is 6.89. The van der Waals surface area contributed by atoms with Crippen LogP contribution in [-0.4, -0.2) is 43.5 Å². The van der Waals surface area contributed by atoms with E-state index in [9.17, 15) is 8.42 Å². The Morgan fingerprint density at radius 3 is 2.64 bits per heavy atom. The fourth-order valence-electron chi connectivity index (χ4n) is 4.39. The maximum atomic E-state index is 12.0. The lowest BCUT2D eigenvalue weighted by atomic mass is 10.0. The number of anilines is 1. The number of ether oxygens (including phenoxy) is 2. The minimum absolute atomic E-state index is 0.243. The zero-order chi connectivity index (χ0) is 23.0. The van der Waals surface area contributed by atoms with Crippen molar-refractivity contribution in [2.75, 3.05) is 24.0 Å². The SMILES string of the molecule is CCc1cnc(N2CCC[C@@H]2COc2ccc(-c3ccc4c(c3)OCS4(=O)=O)cc2C)nc1. The van der Waals surface area contributed by atoms with E-state index in [1.807, 2.05) is 37.5 Å². The highest BCUT2D eigenvalue weighted by Gasteiger charge is 2.29. The molecule has 3 heterocycles. The summed E-state index contributed by atoms with van der Waals surface area (Å²) in [5.74, 6) is 1.74. The van der Waals surface area contributed by atoms with Crippen molar-refractivity contribution >= 4 is 15.8 Å². The van der Waals surface area contributed by atoms with E-state index in [0.717, 1.165) is 59.8 Å². The Kier molecular flexibility index (Phi) is 5.70. The molecule has 0 saturated carbocycles. The number of fused-ring (bicyclic) bond motifs is 1. The Bertz CT molecular complexity index is 1280. The number of aromatic nitrogens is 2. The van der Waals surface area contributed by atoms with E-state index in [2.05, 4.69) is 27.9 Å². The van der Waals surface area contributed by atoms with Crippen LogP contribution in [-0.2, 0) is 16.3 Å². The number of rotatable bonds is 6. The number of nitrogens with zero attached hydrogens (tertiary/aromatic N) is 3. The van der Waals surface area contributed by atoms with Crippen LogP contribution in [0.5, 0.6) is 11.5 Å². The van der Waals surface area contributed by atoms with Crippen LogP contribution in [0.4, 0.5) is 5.95 Å². The Labute approximate surface area is 194 Å². The van der Waals surface area contributed by atoms with Crippen molar-refractivity contribution in [2.45, 2.75) is 44.0 Å². The normalized spacial score (nSPS) is 18.7. The smallest absolute Gasteiger partial charge is 0.225 e. The maximum Gasteiger partial charge on any atom is 0.225 e. The molecule has 2 aromatic carbocycles. The summed E-state index contributed by atoms with van der Waals surface area (Å²) in [6.45, 7) is 5.63. The minimum atomic E-state index is -3.32. The van der Waals surface area contributed by atoms with Gasteiger partial charge in [0.25, 0.3) is 0 Å². The molecule has 0 radical (unpaired) electrons. The van der Waals surface area contributed by atoms with Gasteiger partial charge in [-0.1, -0.05) is 19.1 Å². The van der Waals surface area contributed by atoms with Crippen molar-refractivity contribution in [3.8, 4) is 22.6 Å². The molecule has 7 nitrogen and oxygen atoms in total. The third-order valence-corrected chi connectivity index (χ3v) is 7.76. The summed E-state index contributed by atoms with van der Waals surface area (Å²) in [4.78, 5) is 11.6. The van der Waals surface area contributed by atoms with Crippen molar-refractivity contribution in [3.05, 3.63) is 59.9 Å². The fourth-order valence-corrected chi connectivity index (χ4v) is 5.50. The topological polar surface area (TPSA) is 81.6 Å². The van der Waals surface area contributed by atoms with Crippen LogP contribution < -0.4 is 14.4 Å². The predicted octanol–water partition coefficient (Wildman–Crippen LogP) is 4.19. The lowest BCUT2D eigenvalue weighted by molar-refractivity contribution is 0.286. The molecule has 33 heavy (non-hydrogen) atoms. The van der Waals surface area contributed by atoms with Crippen LogP contribution in [0.25, 0.3) is 11.1 Å². The van der Waals surface area contributed by atoms with Gasteiger partial charge in [0.1, 0.15) is 23.0 Å². The molecular weight excluding hydrogens is 438 g/mol. The zero-order valence-corrected chi connectivity index (χ0v) is 19.6. The van der Waals surface area contributed by atoms with Gasteiger partial charge in [-0.25, -0.2) is 18.4 Å². The molecule has 0 unspecified atom stereocenters. The van der Waals surface area contributed by atoms with Crippen molar-refractivity contribution < 1.29 is 17.9 Å². The minimum Gasteiger partial charge on any atom is -0.491 e. The first-order valence-corrected chi connectivity index (χ1v) is 12.9. The summed E-state index contributed by atoms with van der Waals surface area (Å²) in [5, 5.41) is 0. The van der Waals surface area contributed by atoms with Gasteiger partial charge in [0, 0.05) is 18.9 Å². The number of aryl methyl sites for hydroxylation is 2. The van der Waals surface area contributed by atoms with Crippen LogP contribution in [0.2, 0.25) is 0 Å². The number of sulfone groups is 1. The van der Waals surface area contributed by atoms with Crippen LogP contribution in [0.3, 0.4) is 0 Å². The van der Waals surface area contributed by atoms with Crippen molar-refractivity contribution in [3.63, 3.8) is 0 Å². The van der Waals surface area contributed by atoms with Gasteiger partial charge in [-0.3, -0.25) is 0 Å². The molecule has 1 saturated heterocycles. The number of hydrogen-bond donors (Lipinski definition) is 0. The number of hydrogen-bond acceptors (Lipinski definition) is 7. The molecule has 8 heteroatoms. The van der Waals surface area contributed by atoms with Gasteiger partial charge in [-0.2, -0.15) is 0 Å². The van der Waals surface area contributed by atoms with Crippen LogP contribution in [0, 0.1) is 6.92 Å². The molecule has 1 fully saturated rings. The van der Waals surface area contributed by atoms with E-state index < -0.39 is 9.84 Å². The maximum absolute atomic E-state index is 12.0. The number of benzene rings is 2. The molecule has 0 aliphatic carbocycles. The molecule has 0 N–H and O–H groups in total. The standard InChI is InChI=1S/C25H27N3O4S/c1-3-18-13-26-25(27-14-18)28-10-4-5-21(28)15-31-22-8-6-19(11-17(22)2)20-7-9-24-23(12-20)32-16-33(24,29)30/h6-9,11-14,21H,3-5,10,15-16H2,1-2H3/t21-/m1/s1. The third kappa shape index (κ3) is 4.27. The summed E-state index contributed by atoms with van der Waals surface area (Å²) in [5.41, 5.74) is 4.06. The lowest BCUT2D eigenvalue weighted by Gasteiger charge is -2.25. The first-order chi connectivity index (χ1) is 15.9. The first-order valence-electron chi connectivity index (χ1n) is 11.3. The fraction of sp³-hybridized carbons (Fsp3) is 0.360. The van der Waals surface area contributed by atoms with Gasteiger partial charge in [0.2, 0.25) is 15.8 Å². The molecule has 2 aliphatic rings. The van der Waals surface area contributed by atoms with Crippen LogP contribution >= 0.6 is 0 Å². The zero-order valence-electron chi connectivity index (χ0n) is 18.8. The van der Waals surface area contributed by atoms with Crippen LogP contribution in [0.15, 0.2) is 53.7 Å². The van der Waals surface area contributed by atoms with E-state index in [1.165, 1.54) is 0 Å². The molecule has 1 aromatic heterocycles. The molecular formula is C25H27N3O4S. The van der Waals surface area contributed by atoms with Crippen LogP contribution in [0.1, 0.15) is 30.9 Å². The van der Waals surface area contributed by atoms with Gasteiger partial charge in [0.05, 0.1) is 6.04 Å². The molecule has 172 valence electrons. The largest absolute Gasteiger partial charge is 0.491 e. The molecule has 0 spiro atoms. The summed E-state index contributed by atoms with van der Waals surface area (Å²) in [6, 6.07) is 11.5. The molecule has 0 bridgehead atoms. The highest BCUT2D eigenvalue weighted by atomic mass is 32.2. The average molecular weight is 466 g/mol. The molecule has 1 atom stereocenters.